The fourth-order valence-electron chi connectivity index (χ4n) is 0. The molecule has 0 saturated carbocycles. The van der Waals surface area contributed by atoms with E-state index in [0.29, 0.717) is 0 Å². The summed E-state index contributed by atoms with van der Waals surface area (Å²) in [7, 11) is -0.0694. The molecule has 0 bridgehead atoms. The zero-order chi connectivity index (χ0) is 3.41. The molecule has 4 nitrogen and oxygen atoms in total. The van der Waals surface area contributed by atoms with Crippen LogP contribution in [0.15, 0.2) is 0 Å². The van der Waals surface area contributed by atoms with Gasteiger partial charge in [-0.3, -0.25) is 0 Å². The summed E-state index contributed by atoms with van der Waals surface area (Å²) in [5, 5.41) is 7.01. The van der Waals surface area contributed by atoms with Gasteiger partial charge in [0.1, 0.15) is 0 Å². The van der Waals surface area contributed by atoms with E-state index in [1.54, 1.807) is 0 Å². The van der Waals surface area contributed by atoms with Gasteiger partial charge < -0.3 is 5.48 Å². The van der Waals surface area contributed by atoms with Crippen LogP contribution in [0.2, 0.25) is 0 Å². The summed E-state index contributed by atoms with van der Waals surface area (Å²) >= 11 is 0. The minimum Gasteiger partial charge on any atom is 1.00 e. The van der Waals surface area contributed by atoms with Crippen molar-refractivity contribution in [2.45, 2.75) is 0 Å². The Labute approximate surface area is 57.3 Å². The Morgan fingerprint density at radius 2 is 1.83 bits per heavy atom. The predicted octanol–water partition coefficient (Wildman–Crippen LogP) is -4.38. The average Bonchev–Trinajstić information content (AvgIpc) is 1.37. The van der Waals surface area contributed by atoms with Gasteiger partial charge in [0.05, 0.1) is 0 Å². The van der Waals surface area contributed by atoms with E-state index in [1.165, 1.54) is 0 Å². The molecule has 0 aromatic carbocycles. The third-order valence-corrected chi connectivity index (χ3v) is 0.0430. The minimum absolute atomic E-state index is 0. The van der Waals surface area contributed by atoms with Gasteiger partial charge in [0.15, 0.2) is 0 Å². The van der Waals surface area contributed by atoms with Crippen LogP contribution < -0.4 is 29.6 Å². The van der Waals surface area contributed by atoms with Gasteiger partial charge in [-0.15, -0.1) is 0 Å². The van der Waals surface area contributed by atoms with Crippen molar-refractivity contribution in [3.63, 3.8) is 0 Å². The van der Waals surface area contributed by atoms with Gasteiger partial charge >= 0.3 is 51.7 Å². The molecule has 0 unspecified atom stereocenters. The Morgan fingerprint density at radius 3 is 1.83 bits per heavy atom. The van der Waals surface area contributed by atoms with Gasteiger partial charge in [0, 0.05) is 0 Å². The van der Waals surface area contributed by atoms with Crippen LogP contribution >= 0.6 is 0 Å². The van der Waals surface area contributed by atoms with Crippen molar-refractivity contribution in [2.75, 3.05) is 0 Å². The smallest absolute Gasteiger partial charge is 1.00 e. The molecule has 0 aromatic heterocycles. The van der Waals surface area contributed by atoms with Gasteiger partial charge in [-0.05, 0) is 0 Å². The fourth-order valence-corrected chi connectivity index (χ4v) is 0. The van der Waals surface area contributed by atoms with Crippen LogP contribution in [-0.2, 0) is 9.51 Å². The molecule has 0 rings (SSSR count). The van der Waals surface area contributed by atoms with E-state index in [1.807, 2.05) is 0 Å². The largest absolute Gasteiger partial charge is 1.00 e. The van der Waals surface area contributed by atoms with Crippen LogP contribution in [0.25, 0.3) is 0 Å². The van der Waals surface area contributed by atoms with Crippen molar-refractivity contribution >= 4 is 7.35 Å². The Hall–Kier alpha value is 0.585. The Morgan fingerprint density at radius 1 is 1.67 bits per heavy atom. The quantitative estimate of drug-likeness (QED) is 0.206. The normalized spacial score (nSPS) is 2.83. The van der Waals surface area contributed by atoms with Crippen molar-refractivity contribution in [3.8, 4) is 0 Å². The SMILES string of the molecule is O.O=BOO.[Na+]. The van der Waals surface area contributed by atoms with E-state index in [2.05, 4.69) is 4.81 Å². The van der Waals surface area contributed by atoms with Gasteiger partial charge in [0.2, 0.25) is 0 Å². The first-order valence-electron chi connectivity index (χ1n) is 0.654. The Balaban J connectivity index is -0.0000000450. The molecular weight excluding hydrogens is 97.8 g/mol. The maximum Gasteiger partial charge on any atom is 1.00 e. The van der Waals surface area contributed by atoms with Crippen LogP contribution in [0.5, 0.6) is 0 Å². The van der Waals surface area contributed by atoms with Gasteiger partial charge in [0.25, 0.3) is 0 Å². The number of hydrogen-bond donors (Lipinski definition) is 1. The van der Waals surface area contributed by atoms with Gasteiger partial charge in [-0.25, -0.2) is 0 Å². The van der Waals surface area contributed by atoms with Crippen molar-refractivity contribution in [3.05, 3.63) is 0 Å². The molecule has 0 spiro atoms. The monoisotopic (exact) mass is 101 g/mol. The molecule has 3 N–H and O–H groups in total. The molecule has 0 radical (unpaired) electrons. The maximum atomic E-state index is 8.70. The molecule has 6 heavy (non-hydrogen) atoms. The Bertz CT molecular complexity index is 21.5. The summed E-state index contributed by atoms with van der Waals surface area (Å²) in [4.78, 5) is 2.86. The topological polar surface area (TPSA) is 78.0 Å². The zero-order valence-corrected chi connectivity index (χ0v) is 5.34. The third kappa shape index (κ3) is 23.5. The van der Waals surface area contributed by atoms with Crippen LogP contribution in [0.4, 0.5) is 0 Å². The summed E-state index contributed by atoms with van der Waals surface area (Å²) in [6.45, 7) is 0. The van der Waals surface area contributed by atoms with Gasteiger partial charge in [-0.1, -0.05) is 0 Å². The second-order valence-electron chi connectivity index (χ2n) is 0.202. The van der Waals surface area contributed by atoms with E-state index in [9.17, 15) is 0 Å². The number of hydrogen-bond acceptors (Lipinski definition) is 3. The van der Waals surface area contributed by atoms with Crippen molar-refractivity contribution in [2.24, 2.45) is 0 Å². The average molecular weight is 101 g/mol. The molecule has 0 aliphatic carbocycles. The number of rotatable bonds is 1. The zero-order valence-electron chi connectivity index (χ0n) is 3.34. The maximum absolute atomic E-state index is 8.70. The van der Waals surface area contributed by atoms with Crippen molar-refractivity contribution in [1.82, 2.24) is 0 Å². The molecule has 6 heteroatoms. The van der Waals surface area contributed by atoms with E-state index < -0.39 is 0 Å². The molecule has 0 atom stereocenters. The summed E-state index contributed by atoms with van der Waals surface area (Å²) in [6.07, 6.45) is 0. The molecule has 0 aliphatic heterocycles. The minimum atomic E-state index is -0.0694. The first kappa shape index (κ1) is 16.0. The van der Waals surface area contributed by atoms with Crippen LogP contribution in [0, 0.1) is 0 Å². The van der Waals surface area contributed by atoms with Crippen LogP contribution in [-0.4, -0.2) is 18.1 Å². The molecule has 0 heterocycles. The molecular formula is H3BNaO4+. The van der Waals surface area contributed by atoms with E-state index in [-0.39, 0.29) is 42.4 Å². The molecule has 0 amide bonds. The van der Waals surface area contributed by atoms with Crippen molar-refractivity contribution < 1.29 is 49.8 Å². The first-order chi connectivity index (χ1) is 1.91. The van der Waals surface area contributed by atoms with E-state index >= 15 is 0 Å². The first-order valence-corrected chi connectivity index (χ1v) is 0.654. The molecule has 0 aromatic rings. The summed E-state index contributed by atoms with van der Waals surface area (Å²) in [6, 6.07) is 0. The van der Waals surface area contributed by atoms with Crippen LogP contribution in [0.1, 0.15) is 0 Å². The van der Waals surface area contributed by atoms with Gasteiger partial charge in [-0.2, -0.15) is 0 Å². The van der Waals surface area contributed by atoms with E-state index in [0.717, 1.165) is 0 Å². The Kier molecular flexibility index (Phi) is 46.8. The fraction of sp³-hybridized carbons (Fsp3) is 0. The second kappa shape index (κ2) is 17.6. The van der Waals surface area contributed by atoms with Crippen molar-refractivity contribution in [1.29, 1.82) is 0 Å². The summed E-state index contributed by atoms with van der Waals surface area (Å²) in [5.41, 5.74) is 0. The summed E-state index contributed by atoms with van der Waals surface area (Å²) < 4.78 is 8.70. The standard InChI is InChI=1S/BHO3.Na.H2O/c2-1-4-3;;/h3H;;1H2/q;+1;. The molecule has 0 fully saturated rings. The molecule has 0 aliphatic rings. The van der Waals surface area contributed by atoms with Crippen LogP contribution in [0.3, 0.4) is 0 Å². The van der Waals surface area contributed by atoms with E-state index in [4.69, 9.17) is 9.96 Å². The molecule has 0 saturated heterocycles. The molecule has 30 valence electrons. The third-order valence-electron chi connectivity index (χ3n) is 0.0430. The summed E-state index contributed by atoms with van der Waals surface area (Å²) in [5.74, 6) is 0. The second-order valence-corrected chi connectivity index (χ2v) is 0.202. The predicted molar refractivity (Wildman–Crippen MR) is 13.8 cm³/mol.